The number of likely N-dealkylation sites (tertiary alicyclic amines) is 1. The summed E-state index contributed by atoms with van der Waals surface area (Å²) in [6.07, 6.45) is 4.68. The highest BCUT2D eigenvalue weighted by Gasteiger charge is 2.38. The van der Waals surface area contributed by atoms with E-state index in [9.17, 15) is 9.59 Å². The summed E-state index contributed by atoms with van der Waals surface area (Å²) in [6, 6.07) is 6.58. The van der Waals surface area contributed by atoms with Gasteiger partial charge in [-0.3, -0.25) is 4.79 Å². The number of aromatic carboxylic acids is 1. The fourth-order valence-electron chi connectivity index (χ4n) is 3.68. The molecule has 124 valence electrons. The number of carboxylic acids is 1. The molecule has 2 heterocycles. The molecule has 0 aromatic heterocycles. The third-order valence-corrected chi connectivity index (χ3v) is 5.12. The van der Waals surface area contributed by atoms with Gasteiger partial charge in [-0.15, -0.1) is 0 Å². The first-order chi connectivity index (χ1) is 11.1. The molecule has 2 aliphatic heterocycles. The summed E-state index contributed by atoms with van der Waals surface area (Å²) in [6.45, 7) is 3.27. The van der Waals surface area contributed by atoms with Crippen molar-refractivity contribution in [1.29, 1.82) is 0 Å². The first-order valence-corrected chi connectivity index (χ1v) is 8.26. The lowest BCUT2D eigenvalue weighted by atomic mass is 9.74. The van der Waals surface area contributed by atoms with Crippen LogP contribution < -0.4 is 0 Å². The van der Waals surface area contributed by atoms with E-state index in [1.165, 1.54) is 6.42 Å². The summed E-state index contributed by atoms with van der Waals surface area (Å²) >= 11 is 0. The van der Waals surface area contributed by atoms with Crippen LogP contribution in [0.15, 0.2) is 24.3 Å². The number of piperidine rings is 1. The van der Waals surface area contributed by atoms with Crippen molar-refractivity contribution in [2.24, 2.45) is 5.41 Å². The van der Waals surface area contributed by atoms with Crippen molar-refractivity contribution in [3.63, 3.8) is 0 Å². The second-order valence-corrected chi connectivity index (χ2v) is 6.71. The topological polar surface area (TPSA) is 66.8 Å². The van der Waals surface area contributed by atoms with E-state index >= 15 is 0 Å². The number of hydrogen-bond acceptors (Lipinski definition) is 3. The minimum absolute atomic E-state index is 0.138. The molecule has 2 aliphatic rings. The number of amides is 1. The fraction of sp³-hybridized carbons (Fsp3) is 0.556. The van der Waals surface area contributed by atoms with Crippen molar-refractivity contribution < 1.29 is 19.4 Å². The molecule has 0 atom stereocenters. The number of carbonyl (C=O) groups is 2. The fourth-order valence-corrected chi connectivity index (χ4v) is 3.68. The SMILES string of the molecule is O=C(O)c1ccc(CC(=O)N2CCCC3(CCOCC3)C2)cc1. The predicted molar refractivity (Wildman–Crippen MR) is 85.4 cm³/mol. The van der Waals surface area contributed by atoms with Crippen LogP contribution in [-0.4, -0.2) is 48.2 Å². The molecule has 0 radical (unpaired) electrons. The third-order valence-electron chi connectivity index (χ3n) is 5.12. The molecule has 3 rings (SSSR count). The zero-order valence-corrected chi connectivity index (χ0v) is 13.3. The molecule has 2 fully saturated rings. The van der Waals surface area contributed by atoms with Gasteiger partial charge in [0.1, 0.15) is 0 Å². The van der Waals surface area contributed by atoms with E-state index in [-0.39, 0.29) is 16.9 Å². The maximum atomic E-state index is 12.6. The van der Waals surface area contributed by atoms with E-state index < -0.39 is 5.97 Å². The van der Waals surface area contributed by atoms with Gasteiger partial charge in [-0.05, 0) is 48.8 Å². The summed E-state index contributed by atoms with van der Waals surface area (Å²) < 4.78 is 5.47. The van der Waals surface area contributed by atoms with Crippen molar-refractivity contribution in [3.05, 3.63) is 35.4 Å². The Morgan fingerprint density at radius 3 is 2.48 bits per heavy atom. The van der Waals surface area contributed by atoms with Crippen LogP contribution in [0.4, 0.5) is 0 Å². The molecule has 1 N–H and O–H groups in total. The van der Waals surface area contributed by atoms with Crippen LogP contribution in [-0.2, 0) is 16.0 Å². The van der Waals surface area contributed by atoms with Crippen molar-refractivity contribution in [2.75, 3.05) is 26.3 Å². The van der Waals surface area contributed by atoms with Crippen LogP contribution >= 0.6 is 0 Å². The Balaban J connectivity index is 1.62. The Kier molecular flexibility index (Phi) is 4.66. The normalized spacial score (nSPS) is 20.4. The molecule has 0 aliphatic carbocycles. The number of ether oxygens (including phenoxy) is 1. The van der Waals surface area contributed by atoms with Crippen LogP contribution in [0.5, 0.6) is 0 Å². The number of carbonyl (C=O) groups excluding carboxylic acids is 1. The summed E-state index contributed by atoms with van der Waals surface area (Å²) in [4.78, 5) is 25.4. The summed E-state index contributed by atoms with van der Waals surface area (Å²) in [5.74, 6) is -0.806. The first-order valence-electron chi connectivity index (χ1n) is 8.26. The van der Waals surface area contributed by atoms with Gasteiger partial charge in [-0.2, -0.15) is 0 Å². The summed E-state index contributed by atoms with van der Waals surface area (Å²) in [5.41, 5.74) is 1.37. The van der Waals surface area contributed by atoms with Gasteiger partial charge >= 0.3 is 5.97 Å². The number of carboxylic acid groups (broad SMARTS) is 1. The second kappa shape index (κ2) is 6.71. The molecule has 1 amide bonds. The van der Waals surface area contributed by atoms with Crippen LogP contribution in [0, 0.1) is 5.41 Å². The van der Waals surface area contributed by atoms with E-state index in [0.717, 1.165) is 51.1 Å². The zero-order chi connectivity index (χ0) is 16.3. The molecule has 5 nitrogen and oxygen atoms in total. The molecular formula is C18H23NO4. The predicted octanol–water partition coefficient (Wildman–Crippen LogP) is 2.35. The minimum atomic E-state index is -0.944. The first kappa shape index (κ1) is 16.0. The van der Waals surface area contributed by atoms with Crippen LogP contribution in [0.2, 0.25) is 0 Å². The number of nitrogens with zero attached hydrogens (tertiary/aromatic N) is 1. The van der Waals surface area contributed by atoms with Crippen LogP contribution in [0.3, 0.4) is 0 Å². The van der Waals surface area contributed by atoms with Crippen molar-refractivity contribution in [3.8, 4) is 0 Å². The lowest BCUT2D eigenvalue weighted by molar-refractivity contribution is -0.136. The monoisotopic (exact) mass is 317 g/mol. The van der Waals surface area contributed by atoms with E-state index in [0.29, 0.717) is 6.42 Å². The highest BCUT2D eigenvalue weighted by Crippen LogP contribution is 2.39. The standard InChI is InChI=1S/C18H23NO4/c20-16(12-14-2-4-15(5-3-14)17(21)22)19-9-1-6-18(13-19)7-10-23-11-8-18/h2-5H,1,6-13H2,(H,21,22). The van der Waals surface area contributed by atoms with Crippen LogP contribution in [0.1, 0.15) is 41.6 Å². The molecule has 1 aromatic rings. The van der Waals surface area contributed by atoms with Gasteiger partial charge in [0.15, 0.2) is 0 Å². The van der Waals surface area contributed by atoms with Gasteiger partial charge in [0, 0.05) is 26.3 Å². The van der Waals surface area contributed by atoms with Gasteiger partial charge in [-0.25, -0.2) is 4.79 Å². The largest absolute Gasteiger partial charge is 0.478 e. The van der Waals surface area contributed by atoms with E-state index in [2.05, 4.69) is 0 Å². The summed E-state index contributed by atoms with van der Waals surface area (Å²) in [5, 5.41) is 8.92. The second-order valence-electron chi connectivity index (χ2n) is 6.71. The average Bonchev–Trinajstić information content (AvgIpc) is 2.56. The van der Waals surface area contributed by atoms with Gasteiger partial charge in [0.05, 0.1) is 12.0 Å². The Morgan fingerprint density at radius 2 is 1.83 bits per heavy atom. The molecule has 23 heavy (non-hydrogen) atoms. The quantitative estimate of drug-likeness (QED) is 0.929. The zero-order valence-electron chi connectivity index (χ0n) is 13.3. The maximum absolute atomic E-state index is 12.6. The van der Waals surface area contributed by atoms with Gasteiger partial charge in [0.25, 0.3) is 0 Å². The van der Waals surface area contributed by atoms with Gasteiger partial charge < -0.3 is 14.7 Å². The molecule has 2 saturated heterocycles. The highest BCUT2D eigenvalue weighted by molar-refractivity contribution is 5.87. The average molecular weight is 317 g/mol. The lowest BCUT2D eigenvalue weighted by Crippen LogP contribution is -2.48. The van der Waals surface area contributed by atoms with Crippen molar-refractivity contribution in [2.45, 2.75) is 32.1 Å². The van der Waals surface area contributed by atoms with Gasteiger partial charge in [0.2, 0.25) is 5.91 Å². The molecule has 0 saturated carbocycles. The van der Waals surface area contributed by atoms with E-state index in [1.807, 2.05) is 4.90 Å². The van der Waals surface area contributed by atoms with Crippen LogP contribution in [0.25, 0.3) is 0 Å². The Morgan fingerprint density at radius 1 is 1.13 bits per heavy atom. The Labute approximate surface area is 136 Å². The summed E-state index contributed by atoms with van der Waals surface area (Å²) in [7, 11) is 0. The lowest BCUT2D eigenvalue weighted by Gasteiger charge is -2.45. The molecule has 0 unspecified atom stereocenters. The minimum Gasteiger partial charge on any atom is -0.478 e. The highest BCUT2D eigenvalue weighted by atomic mass is 16.5. The number of hydrogen-bond donors (Lipinski definition) is 1. The number of rotatable bonds is 3. The third kappa shape index (κ3) is 3.72. The van der Waals surface area contributed by atoms with Crippen molar-refractivity contribution in [1.82, 2.24) is 4.90 Å². The Hall–Kier alpha value is -1.88. The molecule has 5 heteroatoms. The van der Waals surface area contributed by atoms with E-state index in [1.54, 1.807) is 24.3 Å². The van der Waals surface area contributed by atoms with Crippen molar-refractivity contribution >= 4 is 11.9 Å². The van der Waals surface area contributed by atoms with E-state index in [4.69, 9.17) is 9.84 Å². The Bertz CT molecular complexity index is 570. The molecule has 1 aromatic carbocycles. The smallest absolute Gasteiger partial charge is 0.335 e. The molecule has 1 spiro atoms. The maximum Gasteiger partial charge on any atom is 0.335 e. The molecule has 0 bridgehead atoms. The molecular weight excluding hydrogens is 294 g/mol. The van der Waals surface area contributed by atoms with Gasteiger partial charge in [-0.1, -0.05) is 12.1 Å². The number of benzene rings is 1.